The van der Waals surface area contributed by atoms with Gasteiger partial charge in [0.25, 0.3) is 5.91 Å². The van der Waals surface area contributed by atoms with Crippen molar-refractivity contribution < 1.29 is 13.2 Å². The molecule has 2 N–H and O–H groups in total. The van der Waals surface area contributed by atoms with E-state index in [0.717, 1.165) is 29.1 Å². The third-order valence-electron chi connectivity index (χ3n) is 4.33. The topological polar surface area (TPSA) is 88.2 Å². The normalized spacial score (nSPS) is 14.0. The third-order valence-corrected chi connectivity index (χ3v) is 6.88. The number of rotatable bonds is 6. The van der Waals surface area contributed by atoms with Crippen LogP contribution < -0.4 is 10.0 Å². The molecule has 28 heavy (non-hydrogen) atoms. The average molecular weight is 414 g/mol. The second-order valence-corrected chi connectivity index (χ2v) is 9.32. The van der Waals surface area contributed by atoms with Gasteiger partial charge in [0.2, 0.25) is 10.0 Å². The van der Waals surface area contributed by atoms with Crippen molar-refractivity contribution in [2.24, 2.45) is 0 Å². The molecule has 2 aromatic carbocycles. The van der Waals surface area contributed by atoms with Crippen LogP contribution in [0.1, 0.15) is 28.9 Å². The number of nitrogens with one attached hydrogen (secondary N) is 2. The van der Waals surface area contributed by atoms with Crippen LogP contribution in [-0.2, 0) is 10.0 Å². The SMILES string of the molecule is Cc1csc(-c2ccc(NC(=O)c3ccc(S(=O)(=O)NC4CC4)cc3)cc2)n1. The molecule has 1 fully saturated rings. The molecule has 0 atom stereocenters. The molecule has 1 aliphatic carbocycles. The fourth-order valence-corrected chi connectivity index (χ4v) is 4.77. The maximum absolute atomic E-state index is 12.4. The number of amides is 1. The van der Waals surface area contributed by atoms with Crippen molar-refractivity contribution in [1.29, 1.82) is 0 Å². The van der Waals surface area contributed by atoms with Crippen LogP contribution in [0, 0.1) is 6.92 Å². The molecule has 0 radical (unpaired) electrons. The highest BCUT2D eigenvalue weighted by atomic mass is 32.2. The summed E-state index contributed by atoms with van der Waals surface area (Å²) in [6, 6.07) is 13.4. The number of aromatic nitrogens is 1. The summed E-state index contributed by atoms with van der Waals surface area (Å²) < 4.78 is 27.0. The zero-order valence-corrected chi connectivity index (χ0v) is 16.8. The van der Waals surface area contributed by atoms with E-state index in [1.807, 2.05) is 36.6 Å². The van der Waals surface area contributed by atoms with E-state index >= 15 is 0 Å². The Morgan fingerprint density at radius 2 is 1.75 bits per heavy atom. The second kappa shape index (κ2) is 7.46. The van der Waals surface area contributed by atoms with Gasteiger partial charge < -0.3 is 5.32 Å². The Labute approximate surface area is 167 Å². The molecule has 1 heterocycles. The Kier molecular flexibility index (Phi) is 5.01. The van der Waals surface area contributed by atoms with Crippen LogP contribution in [0.3, 0.4) is 0 Å². The highest BCUT2D eigenvalue weighted by Gasteiger charge is 2.27. The Balaban J connectivity index is 1.43. The zero-order valence-electron chi connectivity index (χ0n) is 15.2. The predicted octanol–water partition coefficient (Wildman–Crippen LogP) is 3.81. The van der Waals surface area contributed by atoms with E-state index in [-0.39, 0.29) is 16.8 Å². The lowest BCUT2D eigenvalue weighted by Gasteiger charge is -2.08. The Bertz CT molecular complexity index is 1100. The van der Waals surface area contributed by atoms with E-state index in [2.05, 4.69) is 15.0 Å². The summed E-state index contributed by atoms with van der Waals surface area (Å²) >= 11 is 1.58. The largest absolute Gasteiger partial charge is 0.322 e. The molecule has 0 spiro atoms. The number of carbonyl (C=O) groups is 1. The molecular weight excluding hydrogens is 394 g/mol. The summed E-state index contributed by atoms with van der Waals surface area (Å²) in [5, 5.41) is 5.75. The number of aryl methyl sites for hydroxylation is 1. The van der Waals surface area contributed by atoms with Crippen LogP contribution in [-0.4, -0.2) is 25.4 Å². The van der Waals surface area contributed by atoms with Crippen LogP contribution in [0.15, 0.2) is 58.8 Å². The van der Waals surface area contributed by atoms with Crippen molar-refractivity contribution in [1.82, 2.24) is 9.71 Å². The van der Waals surface area contributed by atoms with E-state index in [0.29, 0.717) is 11.3 Å². The van der Waals surface area contributed by atoms with Crippen molar-refractivity contribution in [3.63, 3.8) is 0 Å². The molecule has 1 saturated carbocycles. The second-order valence-electron chi connectivity index (χ2n) is 6.75. The number of benzene rings is 2. The van der Waals surface area contributed by atoms with Crippen LogP contribution in [0.25, 0.3) is 10.6 Å². The number of hydrogen-bond acceptors (Lipinski definition) is 5. The monoisotopic (exact) mass is 413 g/mol. The van der Waals surface area contributed by atoms with E-state index in [1.54, 1.807) is 11.3 Å². The van der Waals surface area contributed by atoms with Crippen LogP contribution in [0.5, 0.6) is 0 Å². The van der Waals surface area contributed by atoms with E-state index < -0.39 is 10.0 Å². The minimum atomic E-state index is -3.51. The van der Waals surface area contributed by atoms with Crippen molar-refractivity contribution >= 4 is 33.0 Å². The molecule has 6 nitrogen and oxygen atoms in total. The molecule has 0 aliphatic heterocycles. The maximum Gasteiger partial charge on any atom is 0.255 e. The smallest absolute Gasteiger partial charge is 0.255 e. The lowest BCUT2D eigenvalue weighted by atomic mass is 10.2. The fraction of sp³-hybridized carbons (Fsp3) is 0.200. The summed E-state index contributed by atoms with van der Waals surface area (Å²) in [5.41, 5.74) is 3.03. The number of carbonyl (C=O) groups excluding carboxylic acids is 1. The molecular formula is C20H19N3O3S2. The Hall–Kier alpha value is -2.55. The van der Waals surface area contributed by atoms with Gasteiger partial charge in [0, 0.05) is 33.9 Å². The highest BCUT2D eigenvalue weighted by molar-refractivity contribution is 7.89. The van der Waals surface area contributed by atoms with Gasteiger partial charge >= 0.3 is 0 Å². The Morgan fingerprint density at radius 1 is 1.07 bits per heavy atom. The summed E-state index contributed by atoms with van der Waals surface area (Å²) in [6.07, 6.45) is 1.75. The predicted molar refractivity (Wildman–Crippen MR) is 110 cm³/mol. The lowest BCUT2D eigenvalue weighted by Crippen LogP contribution is -2.25. The number of nitrogens with zero attached hydrogens (tertiary/aromatic N) is 1. The summed E-state index contributed by atoms with van der Waals surface area (Å²) in [7, 11) is -3.51. The van der Waals surface area contributed by atoms with Crippen LogP contribution in [0.4, 0.5) is 5.69 Å². The van der Waals surface area contributed by atoms with Gasteiger partial charge in [-0.15, -0.1) is 11.3 Å². The fourth-order valence-electron chi connectivity index (χ4n) is 2.66. The minimum Gasteiger partial charge on any atom is -0.322 e. The average Bonchev–Trinajstić information content (AvgIpc) is 3.38. The van der Waals surface area contributed by atoms with Gasteiger partial charge in [0.15, 0.2) is 0 Å². The summed E-state index contributed by atoms with van der Waals surface area (Å²) in [6.45, 7) is 1.95. The third kappa shape index (κ3) is 4.30. The van der Waals surface area contributed by atoms with Crippen LogP contribution >= 0.6 is 11.3 Å². The lowest BCUT2D eigenvalue weighted by molar-refractivity contribution is 0.102. The Morgan fingerprint density at radius 3 is 2.32 bits per heavy atom. The first-order chi connectivity index (χ1) is 13.4. The van der Waals surface area contributed by atoms with Gasteiger partial charge in [0.1, 0.15) is 5.01 Å². The van der Waals surface area contributed by atoms with Gasteiger partial charge in [-0.1, -0.05) is 0 Å². The summed E-state index contributed by atoms with van der Waals surface area (Å²) in [4.78, 5) is 17.0. The molecule has 144 valence electrons. The maximum atomic E-state index is 12.4. The number of anilines is 1. The van der Waals surface area contributed by atoms with Crippen molar-refractivity contribution in [3.05, 3.63) is 65.2 Å². The summed E-state index contributed by atoms with van der Waals surface area (Å²) in [5.74, 6) is -0.294. The van der Waals surface area contributed by atoms with Crippen molar-refractivity contribution in [3.8, 4) is 10.6 Å². The van der Waals surface area contributed by atoms with Gasteiger partial charge in [-0.25, -0.2) is 18.1 Å². The van der Waals surface area contributed by atoms with E-state index in [9.17, 15) is 13.2 Å². The quantitative estimate of drug-likeness (QED) is 0.643. The van der Waals surface area contributed by atoms with Gasteiger partial charge in [-0.05, 0) is 68.3 Å². The highest BCUT2D eigenvalue weighted by Crippen LogP contribution is 2.25. The molecule has 1 amide bonds. The molecule has 4 rings (SSSR count). The molecule has 0 unspecified atom stereocenters. The van der Waals surface area contributed by atoms with E-state index in [4.69, 9.17) is 0 Å². The van der Waals surface area contributed by atoms with Gasteiger partial charge in [0.05, 0.1) is 4.90 Å². The first kappa shape index (κ1) is 18.8. The number of hydrogen-bond donors (Lipinski definition) is 2. The molecule has 0 bridgehead atoms. The van der Waals surface area contributed by atoms with Crippen molar-refractivity contribution in [2.45, 2.75) is 30.7 Å². The van der Waals surface area contributed by atoms with Crippen LogP contribution in [0.2, 0.25) is 0 Å². The van der Waals surface area contributed by atoms with Gasteiger partial charge in [-0.2, -0.15) is 0 Å². The number of thiazole rings is 1. The van der Waals surface area contributed by atoms with Gasteiger partial charge in [-0.3, -0.25) is 4.79 Å². The van der Waals surface area contributed by atoms with E-state index in [1.165, 1.54) is 24.3 Å². The zero-order chi connectivity index (χ0) is 19.7. The molecule has 1 aliphatic rings. The molecule has 0 saturated heterocycles. The standard InChI is InChI=1S/C20H19N3O3S2/c1-13-12-27-20(21-13)15-2-6-16(7-3-15)22-19(24)14-4-10-18(11-5-14)28(25,26)23-17-8-9-17/h2-7,10-12,17,23H,8-9H2,1H3,(H,22,24). The first-order valence-electron chi connectivity index (χ1n) is 8.87. The molecule has 1 aromatic heterocycles. The molecule has 8 heteroatoms. The minimum absolute atomic E-state index is 0.0456. The number of sulfonamides is 1. The first-order valence-corrected chi connectivity index (χ1v) is 11.2. The molecule has 3 aromatic rings. The van der Waals surface area contributed by atoms with Crippen molar-refractivity contribution in [2.75, 3.05) is 5.32 Å².